The van der Waals surface area contributed by atoms with Crippen LogP contribution in [0.25, 0.3) is 0 Å². The average molecular weight is 440 g/mol. The Balaban J connectivity index is 6.02. The van der Waals surface area contributed by atoms with E-state index in [0.717, 1.165) is 71.8 Å². The minimum Gasteiger partial charge on any atom is -0.497 e. The maximum Gasteiger partial charge on any atom is 0.126 e. The molecule has 2 N–H and O–H groups in total. The summed E-state index contributed by atoms with van der Waals surface area (Å²) in [6.45, 7) is 16.4. The molecular weight excluding hydrogens is 394 g/mol. The van der Waals surface area contributed by atoms with Crippen LogP contribution in [0.4, 0.5) is 0 Å². The summed E-state index contributed by atoms with van der Waals surface area (Å²) in [5.41, 5.74) is 5.49. The summed E-state index contributed by atoms with van der Waals surface area (Å²) in [4.78, 5) is 4.84. The van der Waals surface area contributed by atoms with Crippen molar-refractivity contribution in [2.75, 3.05) is 7.11 Å². The van der Waals surface area contributed by atoms with E-state index in [1.165, 1.54) is 0 Å². The molecule has 0 amide bonds. The van der Waals surface area contributed by atoms with Crippen LogP contribution in [-0.2, 0) is 4.74 Å². The number of rotatable bonds is 14. The number of unbranched alkanes of at least 4 members (excludes halogenated alkanes) is 1. The minimum absolute atomic E-state index is 0.473. The van der Waals surface area contributed by atoms with Crippen molar-refractivity contribution in [1.29, 1.82) is 5.41 Å². The number of ether oxygens (including phenoxy) is 1. The van der Waals surface area contributed by atoms with Crippen molar-refractivity contribution in [2.24, 2.45) is 4.99 Å². The third-order valence-corrected chi connectivity index (χ3v) is 5.01. The van der Waals surface area contributed by atoms with E-state index in [-0.39, 0.29) is 0 Å². The third-order valence-electron chi connectivity index (χ3n) is 5.01. The first-order valence-corrected chi connectivity index (χ1v) is 11.8. The monoisotopic (exact) mass is 439 g/mol. The van der Waals surface area contributed by atoms with Crippen molar-refractivity contribution in [3.63, 3.8) is 0 Å². The highest BCUT2D eigenvalue weighted by Gasteiger charge is 2.09. The van der Waals surface area contributed by atoms with Gasteiger partial charge in [-0.2, -0.15) is 0 Å². The molecule has 0 unspecified atom stereocenters. The highest BCUT2D eigenvalue weighted by atomic mass is 16.5. The first-order valence-electron chi connectivity index (χ1n) is 11.8. The standard InChI is InChI=1S/C28H45N3O/c1-10-14-15-18-25(17-12-3)30-27(13-4)31-28(24(8)29)23(7)21(5)19-20-26(32-9)22(6)16-11-2/h13,15-16,18-20,29,31H,10-12,14,17H2,1-9H3/b18-15+,21-19+,22-16+,26-20+,27-13+,28-23-,29-24?,30-25-. The van der Waals surface area contributed by atoms with E-state index in [0.29, 0.717) is 5.71 Å². The lowest BCUT2D eigenvalue weighted by Gasteiger charge is -2.16. The zero-order chi connectivity index (χ0) is 24.5. The van der Waals surface area contributed by atoms with Gasteiger partial charge >= 0.3 is 0 Å². The molecule has 0 fully saturated rings. The minimum atomic E-state index is 0.473. The summed E-state index contributed by atoms with van der Waals surface area (Å²) in [5.74, 6) is 1.61. The van der Waals surface area contributed by atoms with E-state index in [1.807, 2.05) is 32.1 Å². The zero-order valence-corrected chi connectivity index (χ0v) is 21.9. The summed E-state index contributed by atoms with van der Waals surface area (Å²) in [6, 6.07) is 0. The van der Waals surface area contributed by atoms with Gasteiger partial charge in [-0.3, -0.25) is 0 Å². The fourth-order valence-electron chi connectivity index (χ4n) is 3.02. The largest absolute Gasteiger partial charge is 0.497 e. The molecule has 0 radical (unpaired) electrons. The van der Waals surface area contributed by atoms with Gasteiger partial charge in [0.25, 0.3) is 0 Å². The van der Waals surface area contributed by atoms with Gasteiger partial charge in [0.15, 0.2) is 0 Å². The maximum absolute atomic E-state index is 8.33. The normalized spacial score (nSPS) is 15.2. The van der Waals surface area contributed by atoms with E-state index in [4.69, 9.17) is 15.1 Å². The topological polar surface area (TPSA) is 57.5 Å². The molecule has 0 heterocycles. The molecule has 0 spiro atoms. The molecule has 0 aromatic rings. The van der Waals surface area contributed by atoms with Crippen LogP contribution in [0.3, 0.4) is 0 Å². The lowest BCUT2D eigenvalue weighted by atomic mass is 10.0. The first kappa shape index (κ1) is 29.4. The summed E-state index contributed by atoms with van der Waals surface area (Å²) in [5, 5.41) is 11.7. The fourth-order valence-corrected chi connectivity index (χ4v) is 3.02. The molecule has 0 aliphatic heterocycles. The number of hydrogen-bond acceptors (Lipinski definition) is 4. The van der Waals surface area contributed by atoms with Gasteiger partial charge in [0.1, 0.15) is 11.6 Å². The van der Waals surface area contributed by atoms with Crippen molar-refractivity contribution in [1.82, 2.24) is 5.32 Å². The first-order chi connectivity index (χ1) is 15.2. The zero-order valence-electron chi connectivity index (χ0n) is 21.9. The Kier molecular flexibility index (Phi) is 15.6. The predicted molar refractivity (Wildman–Crippen MR) is 142 cm³/mol. The van der Waals surface area contributed by atoms with E-state index < -0.39 is 0 Å². The number of methoxy groups -OCH3 is 1. The van der Waals surface area contributed by atoms with Gasteiger partial charge < -0.3 is 15.5 Å². The summed E-state index contributed by atoms with van der Waals surface area (Å²) in [7, 11) is 1.69. The van der Waals surface area contributed by atoms with Gasteiger partial charge in [0, 0.05) is 5.71 Å². The number of aliphatic imine (C=N–C) groups is 1. The molecule has 0 aliphatic rings. The molecule has 0 aromatic heterocycles. The number of nitrogens with zero attached hydrogens (tertiary/aromatic N) is 1. The number of allylic oxidation sites excluding steroid dienone is 10. The smallest absolute Gasteiger partial charge is 0.126 e. The Morgan fingerprint density at radius 3 is 2.19 bits per heavy atom. The molecule has 0 aliphatic carbocycles. The Morgan fingerprint density at radius 1 is 1.00 bits per heavy atom. The van der Waals surface area contributed by atoms with E-state index in [9.17, 15) is 0 Å². The summed E-state index contributed by atoms with van der Waals surface area (Å²) >= 11 is 0. The van der Waals surface area contributed by atoms with Crippen LogP contribution in [-0.4, -0.2) is 18.5 Å². The van der Waals surface area contributed by atoms with Gasteiger partial charge in [0.2, 0.25) is 0 Å². The molecular formula is C28H45N3O. The van der Waals surface area contributed by atoms with Crippen molar-refractivity contribution in [3.05, 3.63) is 70.5 Å². The molecule has 0 saturated heterocycles. The van der Waals surface area contributed by atoms with Gasteiger partial charge in [0.05, 0.1) is 18.5 Å². The lowest BCUT2D eigenvalue weighted by molar-refractivity contribution is 0.300. The van der Waals surface area contributed by atoms with Crippen LogP contribution in [0.1, 0.15) is 87.5 Å². The molecule has 178 valence electrons. The van der Waals surface area contributed by atoms with Crippen LogP contribution in [0.2, 0.25) is 0 Å². The van der Waals surface area contributed by atoms with Crippen molar-refractivity contribution in [2.45, 2.75) is 87.5 Å². The van der Waals surface area contributed by atoms with E-state index in [1.54, 1.807) is 14.0 Å². The maximum atomic E-state index is 8.33. The fraction of sp³-hybridized carbons (Fsp3) is 0.500. The average Bonchev–Trinajstić information content (AvgIpc) is 2.76. The van der Waals surface area contributed by atoms with Crippen molar-refractivity contribution >= 4 is 11.4 Å². The predicted octanol–water partition coefficient (Wildman–Crippen LogP) is 8.18. The van der Waals surface area contributed by atoms with Crippen molar-refractivity contribution < 1.29 is 4.74 Å². The van der Waals surface area contributed by atoms with Crippen LogP contribution >= 0.6 is 0 Å². The highest BCUT2D eigenvalue weighted by molar-refractivity contribution is 5.97. The second-order valence-electron chi connectivity index (χ2n) is 7.85. The SMILES string of the molecule is C\C=C(/N=C(\C=C\CCC)CCC)N\C(C(C)=N)=C(C)/C(C)=C/C=C(OC)\C(C)=C\CC. The summed E-state index contributed by atoms with van der Waals surface area (Å²) < 4.78 is 5.53. The van der Waals surface area contributed by atoms with Gasteiger partial charge in [-0.05, 0) is 88.8 Å². The molecule has 32 heavy (non-hydrogen) atoms. The summed E-state index contributed by atoms with van der Waals surface area (Å²) in [6.07, 6.45) is 17.6. The molecule has 0 rings (SSSR count). The van der Waals surface area contributed by atoms with E-state index >= 15 is 0 Å². The van der Waals surface area contributed by atoms with Crippen LogP contribution in [0, 0.1) is 5.41 Å². The quantitative estimate of drug-likeness (QED) is 0.163. The Hall–Kier alpha value is -2.62. The van der Waals surface area contributed by atoms with Gasteiger partial charge in [-0.15, -0.1) is 0 Å². The number of hydrogen-bond donors (Lipinski definition) is 2. The molecule has 0 atom stereocenters. The second kappa shape index (κ2) is 17.0. The molecule has 0 saturated carbocycles. The molecule has 0 bridgehead atoms. The van der Waals surface area contributed by atoms with Crippen LogP contribution < -0.4 is 5.32 Å². The lowest BCUT2D eigenvalue weighted by Crippen LogP contribution is -2.20. The van der Waals surface area contributed by atoms with Crippen molar-refractivity contribution in [3.8, 4) is 0 Å². The molecule has 0 aromatic carbocycles. The van der Waals surface area contributed by atoms with Crippen LogP contribution in [0.15, 0.2) is 75.4 Å². The van der Waals surface area contributed by atoms with E-state index in [2.05, 4.69) is 58.2 Å². The number of nitrogens with one attached hydrogen (secondary N) is 2. The Labute approximate surface area is 197 Å². The van der Waals surface area contributed by atoms with Gasteiger partial charge in [-0.1, -0.05) is 51.8 Å². The molecule has 4 nitrogen and oxygen atoms in total. The van der Waals surface area contributed by atoms with Crippen LogP contribution in [0.5, 0.6) is 0 Å². The second-order valence-corrected chi connectivity index (χ2v) is 7.85. The highest BCUT2D eigenvalue weighted by Crippen LogP contribution is 2.18. The Morgan fingerprint density at radius 2 is 1.69 bits per heavy atom. The van der Waals surface area contributed by atoms with Gasteiger partial charge in [-0.25, -0.2) is 4.99 Å². The Bertz CT molecular complexity index is 818. The third kappa shape index (κ3) is 11.1. The molecule has 4 heteroatoms.